The lowest BCUT2D eigenvalue weighted by molar-refractivity contribution is 0.102. The molecule has 196 valence electrons. The van der Waals surface area contributed by atoms with Gasteiger partial charge in [-0.05, 0) is 60.2 Å². The van der Waals surface area contributed by atoms with Crippen LogP contribution < -0.4 is 21.5 Å². The lowest BCUT2D eigenvalue weighted by atomic mass is 10.1. The summed E-state index contributed by atoms with van der Waals surface area (Å²) in [5, 5.41) is 8.41. The molecule has 6 rings (SSSR count). The van der Waals surface area contributed by atoms with Crippen LogP contribution in [0.2, 0.25) is 0 Å². The summed E-state index contributed by atoms with van der Waals surface area (Å²) < 4.78 is 7.67. The first kappa shape index (κ1) is 24.6. The summed E-state index contributed by atoms with van der Waals surface area (Å²) >= 11 is 0. The van der Waals surface area contributed by atoms with Crippen molar-refractivity contribution >= 4 is 34.1 Å². The zero-order chi connectivity index (χ0) is 27.5. The number of para-hydroxylation sites is 3. The molecule has 6 aromatic rings. The minimum absolute atomic E-state index is 0.270. The molecule has 2 aromatic heterocycles. The molecule has 2 heterocycles. The molecule has 1 amide bonds. The Morgan fingerprint density at radius 2 is 1.50 bits per heavy atom. The van der Waals surface area contributed by atoms with Gasteiger partial charge in [0.05, 0.1) is 23.3 Å². The quantitative estimate of drug-likeness (QED) is 0.225. The summed E-state index contributed by atoms with van der Waals surface area (Å²) in [5.41, 5.74) is 16.7. The highest BCUT2D eigenvalue weighted by Crippen LogP contribution is 2.32. The van der Waals surface area contributed by atoms with Crippen molar-refractivity contribution < 1.29 is 9.53 Å². The monoisotopic (exact) mass is 527 g/mol. The number of anilines is 3. The SMILES string of the molecule is Nc1ccccc1NC(=O)c1ccccc1Cn1nc(-c2ccc(Oc3ccccc3)cc2)c2c(N)ncnc21. The van der Waals surface area contributed by atoms with E-state index < -0.39 is 0 Å². The van der Waals surface area contributed by atoms with E-state index in [0.29, 0.717) is 45.2 Å². The van der Waals surface area contributed by atoms with Gasteiger partial charge in [0.25, 0.3) is 5.91 Å². The van der Waals surface area contributed by atoms with E-state index in [-0.39, 0.29) is 12.5 Å². The number of carbonyl (C=O) groups is 1. The fourth-order valence-corrected chi connectivity index (χ4v) is 4.49. The van der Waals surface area contributed by atoms with Crippen LogP contribution in [0.3, 0.4) is 0 Å². The minimum atomic E-state index is -0.270. The van der Waals surface area contributed by atoms with E-state index in [1.54, 1.807) is 22.9 Å². The second kappa shape index (κ2) is 10.6. The number of amides is 1. The maximum Gasteiger partial charge on any atom is 0.256 e. The number of rotatable bonds is 7. The van der Waals surface area contributed by atoms with Gasteiger partial charge in [0, 0.05) is 11.1 Å². The van der Waals surface area contributed by atoms with Crippen LogP contribution in [0.25, 0.3) is 22.3 Å². The third-order valence-electron chi connectivity index (χ3n) is 6.46. The molecule has 0 saturated carbocycles. The molecule has 4 aromatic carbocycles. The molecule has 0 radical (unpaired) electrons. The fourth-order valence-electron chi connectivity index (χ4n) is 4.49. The van der Waals surface area contributed by atoms with Gasteiger partial charge in [0.15, 0.2) is 5.65 Å². The molecule has 0 aliphatic carbocycles. The lowest BCUT2D eigenvalue weighted by Crippen LogP contribution is -2.16. The third-order valence-corrected chi connectivity index (χ3v) is 6.46. The smallest absolute Gasteiger partial charge is 0.256 e. The topological polar surface area (TPSA) is 134 Å². The molecule has 0 aliphatic heterocycles. The van der Waals surface area contributed by atoms with Gasteiger partial charge >= 0.3 is 0 Å². The van der Waals surface area contributed by atoms with E-state index in [9.17, 15) is 4.79 Å². The summed E-state index contributed by atoms with van der Waals surface area (Å²) in [6, 6.07) is 31.7. The molecule has 9 nitrogen and oxygen atoms in total. The Hall–Kier alpha value is -5.70. The molecule has 0 aliphatic rings. The molecular weight excluding hydrogens is 502 g/mol. The number of ether oxygens (including phenoxy) is 1. The lowest BCUT2D eigenvalue weighted by Gasteiger charge is -2.12. The van der Waals surface area contributed by atoms with Crippen molar-refractivity contribution in [2.75, 3.05) is 16.8 Å². The van der Waals surface area contributed by atoms with E-state index in [2.05, 4.69) is 15.3 Å². The van der Waals surface area contributed by atoms with Crippen molar-refractivity contribution in [2.45, 2.75) is 6.54 Å². The first-order valence-electron chi connectivity index (χ1n) is 12.6. The van der Waals surface area contributed by atoms with Crippen LogP contribution in [0.15, 0.2) is 109 Å². The molecular formula is C31H25N7O2. The van der Waals surface area contributed by atoms with E-state index in [1.807, 2.05) is 84.9 Å². The average Bonchev–Trinajstić information content (AvgIpc) is 3.35. The Morgan fingerprint density at radius 1 is 0.800 bits per heavy atom. The molecule has 5 N–H and O–H groups in total. The zero-order valence-electron chi connectivity index (χ0n) is 21.4. The maximum absolute atomic E-state index is 13.2. The predicted octanol–water partition coefficient (Wildman–Crippen LogP) is 5.75. The van der Waals surface area contributed by atoms with E-state index in [4.69, 9.17) is 21.3 Å². The van der Waals surface area contributed by atoms with Gasteiger partial charge < -0.3 is 21.5 Å². The highest BCUT2D eigenvalue weighted by molar-refractivity contribution is 6.06. The number of nitrogen functional groups attached to an aromatic ring is 2. The Morgan fingerprint density at radius 3 is 2.30 bits per heavy atom. The second-order valence-corrected chi connectivity index (χ2v) is 9.10. The van der Waals surface area contributed by atoms with Gasteiger partial charge in [-0.2, -0.15) is 5.10 Å². The average molecular weight is 528 g/mol. The van der Waals surface area contributed by atoms with Crippen LogP contribution in [-0.4, -0.2) is 25.7 Å². The molecule has 0 fully saturated rings. The number of nitrogens with two attached hydrogens (primary N) is 2. The molecule has 0 unspecified atom stereocenters. The van der Waals surface area contributed by atoms with E-state index in [0.717, 1.165) is 16.9 Å². The number of hydrogen-bond acceptors (Lipinski definition) is 7. The van der Waals surface area contributed by atoms with Gasteiger partial charge in [-0.1, -0.05) is 48.5 Å². The summed E-state index contributed by atoms with van der Waals surface area (Å²) in [6.07, 6.45) is 1.41. The van der Waals surface area contributed by atoms with Crippen molar-refractivity contribution in [3.05, 3.63) is 121 Å². The van der Waals surface area contributed by atoms with Gasteiger partial charge in [0.2, 0.25) is 0 Å². The molecule has 0 saturated heterocycles. The standard InChI is InChI=1S/C31H25N7O2/c32-25-12-6-7-13-26(25)36-31(39)24-11-5-4-8-21(24)18-38-30-27(29(33)34-19-35-30)28(37-38)20-14-16-23(17-15-20)40-22-9-2-1-3-10-22/h1-17,19H,18,32H2,(H,36,39)(H2,33,34,35). The summed E-state index contributed by atoms with van der Waals surface area (Å²) in [6.45, 7) is 0.288. The number of benzene rings is 4. The Bertz CT molecular complexity index is 1820. The van der Waals surface area contributed by atoms with Crippen molar-refractivity contribution in [2.24, 2.45) is 0 Å². The van der Waals surface area contributed by atoms with Crippen LogP contribution in [0.5, 0.6) is 11.5 Å². The van der Waals surface area contributed by atoms with Crippen molar-refractivity contribution in [3.8, 4) is 22.8 Å². The summed E-state index contributed by atoms with van der Waals surface area (Å²) in [4.78, 5) is 21.9. The number of fused-ring (bicyclic) bond motifs is 1. The predicted molar refractivity (Wildman–Crippen MR) is 156 cm³/mol. The maximum atomic E-state index is 13.2. The number of nitrogens with one attached hydrogen (secondary N) is 1. The molecule has 0 bridgehead atoms. The first-order chi connectivity index (χ1) is 19.6. The summed E-state index contributed by atoms with van der Waals surface area (Å²) in [7, 11) is 0. The van der Waals surface area contributed by atoms with Crippen LogP contribution in [0.1, 0.15) is 15.9 Å². The van der Waals surface area contributed by atoms with Crippen molar-refractivity contribution in [3.63, 3.8) is 0 Å². The Balaban J connectivity index is 1.33. The van der Waals surface area contributed by atoms with Gasteiger partial charge in [-0.25, -0.2) is 14.6 Å². The highest BCUT2D eigenvalue weighted by atomic mass is 16.5. The second-order valence-electron chi connectivity index (χ2n) is 9.10. The fraction of sp³-hybridized carbons (Fsp3) is 0.0323. The minimum Gasteiger partial charge on any atom is -0.457 e. The molecule has 0 spiro atoms. The van der Waals surface area contributed by atoms with Crippen molar-refractivity contribution in [1.29, 1.82) is 0 Å². The van der Waals surface area contributed by atoms with Crippen LogP contribution >= 0.6 is 0 Å². The van der Waals surface area contributed by atoms with Gasteiger partial charge in [-0.15, -0.1) is 0 Å². The number of carbonyl (C=O) groups excluding carboxylic acids is 1. The first-order valence-corrected chi connectivity index (χ1v) is 12.6. The van der Waals surface area contributed by atoms with Gasteiger partial charge in [0.1, 0.15) is 29.3 Å². The normalized spacial score (nSPS) is 10.9. The van der Waals surface area contributed by atoms with Crippen LogP contribution in [-0.2, 0) is 6.54 Å². The number of nitrogens with zero attached hydrogens (tertiary/aromatic N) is 4. The Labute approximate surface area is 230 Å². The van der Waals surface area contributed by atoms with E-state index in [1.165, 1.54) is 6.33 Å². The van der Waals surface area contributed by atoms with Crippen molar-refractivity contribution in [1.82, 2.24) is 19.7 Å². The zero-order valence-corrected chi connectivity index (χ0v) is 21.4. The molecule has 40 heavy (non-hydrogen) atoms. The van der Waals surface area contributed by atoms with Crippen LogP contribution in [0.4, 0.5) is 17.2 Å². The molecule has 0 atom stereocenters. The van der Waals surface area contributed by atoms with E-state index >= 15 is 0 Å². The number of aromatic nitrogens is 4. The summed E-state index contributed by atoms with van der Waals surface area (Å²) in [5.74, 6) is 1.50. The number of hydrogen-bond donors (Lipinski definition) is 3. The van der Waals surface area contributed by atoms with Crippen LogP contribution in [0, 0.1) is 0 Å². The van der Waals surface area contributed by atoms with Gasteiger partial charge in [-0.3, -0.25) is 4.79 Å². The third kappa shape index (κ3) is 4.91. The largest absolute Gasteiger partial charge is 0.457 e. The molecule has 9 heteroatoms. The Kier molecular flexibility index (Phi) is 6.51. The highest BCUT2D eigenvalue weighted by Gasteiger charge is 2.19.